The van der Waals surface area contributed by atoms with E-state index >= 15 is 0 Å². The summed E-state index contributed by atoms with van der Waals surface area (Å²) < 4.78 is 19.0. The molecular formula is C28H27FN2O3. The van der Waals surface area contributed by atoms with Gasteiger partial charge in [-0.1, -0.05) is 48.0 Å². The molecule has 0 aromatic heterocycles. The largest absolute Gasteiger partial charge is 0.492 e. The normalized spacial score (nSPS) is 13.6. The number of ether oxygens (including phenoxy) is 1. The lowest BCUT2D eigenvalue weighted by atomic mass is 9.97. The molecule has 6 heteroatoms. The van der Waals surface area contributed by atoms with Crippen molar-refractivity contribution in [2.24, 2.45) is 0 Å². The second-order valence-electron chi connectivity index (χ2n) is 8.26. The Balaban J connectivity index is 1.71. The fourth-order valence-corrected chi connectivity index (χ4v) is 4.12. The van der Waals surface area contributed by atoms with Crippen molar-refractivity contribution in [3.8, 4) is 5.75 Å². The molecule has 0 fully saturated rings. The maximum Gasteiger partial charge on any atom is 0.278 e. The Labute approximate surface area is 198 Å². The molecule has 0 aliphatic carbocycles. The molecule has 1 aliphatic heterocycles. The third-order valence-corrected chi connectivity index (χ3v) is 5.80. The molecule has 174 valence electrons. The Morgan fingerprint density at radius 1 is 0.941 bits per heavy atom. The number of halogens is 1. The Bertz CT molecular complexity index is 1260. The highest BCUT2D eigenvalue weighted by Gasteiger charge is 2.39. The van der Waals surface area contributed by atoms with Gasteiger partial charge in [0.25, 0.3) is 11.8 Å². The number of hydrogen-bond acceptors (Lipinski definition) is 4. The number of anilines is 1. The first-order chi connectivity index (χ1) is 16.4. The first-order valence-electron chi connectivity index (χ1n) is 11.3. The van der Waals surface area contributed by atoms with Gasteiger partial charge in [0.05, 0.1) is 17.9 Å². The molecule has 1 aliphatic rings. The van der Waals surface area contributed by atoms with Crippen LogP contribution in [0.4, 0.5) is 10.1 Å². The third kappa shape index (κ3) is 4.71. The predicted molar refractivity (Wildman–Crippen MR) is 131 cm³/mol. The number of benzene rings is 3. The number of carbonyl (C=O) groups is 2. The number of nitrogens with one attached hydrogen (secondary N) is 1. The monoisotopic (exact) mass is 458 g/mol. The maximum atomic E-state index is 13.6. The molecule has 0 saturated heterocycles. The van der Waals surface area contributed by atoms with Crippen LogP contribution in [0.2, 0.25) is 0 Å². The SMILES string of the molecule is CCOc1ccccc1NC1=C(c2ccc(C)cc2C)C(=O)N(CCc2ccc(F)cc2)C1=O. The predicted octanol–water partition coefficient (Wildman–Crippen LogP) is 5.28. The highest BCUT2D eigenvalue weighted by molar-refractivity contribution is 6.36. The van der Waals surface area contributed by atoms with Crippen molar-refractivity contribution in [2.45, 2.75) is 27.2 Å². The number of aryl methyl sites for hydroxylation is 2. The zero-order valence-electron chi connectivity index (χ0n) is 19.5. The fourth-order valence-electron chi connectivity index (χ4n) is 4.12. The van der Waals surface area contributed by atoms with E-state index in [0.717, 1.165) is 16.7 Å². The average molecular weight is 459 g/mol. The summed E-state index contributed by atoms with van der Waals surface area (Å²) in [7, 11) is 0. The quantitative estimate of drug-likeness (QED) is 0.467. The van der Waals surface area contributed by atoms with Crippen LogP contribution >= 0.6 is 0 Å². The number of para-hydroxylation sites is 2. The van der Waals surface area contributed by atoms with Gasteiger partial charge in [0.15, 0.2) is 0 Å². The Morgan fingerprint density at radius 3 is 2.38 bits per heavy atom. The molecule has 0 radical (unpaired) electrons. The van der Waals surface area contributed by atoms with Gasteiger partial charge in [-0.15, -0.1) is 0 Å². The molecule has 1 heterocycles. The first kappa shape index (κ1) is 23.2. The highest BCUT2D eigenvalue weighted by atomic mass is 19.1. The van der Waals surface area contributed by atoms with Crippen LogP contribution in [-0.4, -0.2) is 29.9 Å². The highest BCUT2D eigenvalue weighted by Crippen LogP contribution is 2.34. The smallest absolute Gasteiger partial charge is 0.278 e. The summed E-state index contributed by atoms with van der Waals surface area (Å²) in [4.78, 5) is 28.3. The second-order valence-corrected chi connectivity index (χ2v) is 8.26. The van der Waals surface area contributed by atoms with Crippen molar-refractivity contribution in [1.29, 1.82) is 0 Å². The van der Waals surface area contributed by atoms with E-state index in [0.29, 0.717) is 35.6 Å². The number of carbonyl (C=O) groups excluding carboxylic acids is 2. The number of rotatable bonds is 8. The lowest BCUT2D eigenvalue weighted by molar-refractivity contribution is -0.136. The van der Waals surface area contributed by atoms with Crippen LogP contribution in [-0.2, 0) is 16.0 Å². The van der Waals surface area contributed by atoms with Gasteiger partial charge in [-0.25, -0.2) is 4.39 Å². The van der Waals surface area contributed by atoms with E-state index in [4.69, 9.17) is 4.74 Å². The van der Waals surface area contributed by atoms with Crippen LogP contribution in [0, 0.1) is 19.7 Å². The molecular weight excluding hydrogens is 431 g/mol. The molecule has 2 amide bonds. The van der Waals surface area contributed by atoms with Gasteiger partial charge in [-0.3, -0.25) is 14.5 Å². The Morgan fingerprint density at radius 2 is 1.68 bits per heavy atom. The van der Waals surface area contributed by atoms with Crippen LogP contribution in [0.1, 0.15) is 29.2 Å². The molecule has 3 aromatic rings. The third-order valence-electron chi connectivity index (χ3n) is 5.80. The molecule has 3 aromatic carbocycles. The van der Waals surface area contributed by atoms with E-state index in [1.54, 1.807) is 12.1 Å². The van der Waals surface area contributed by atoms with E-state index in [-0.39, 0.29) is 24.0 Å². The van der Waals surface area contributed by atoms with Crippen molar-refractivity contribution >= 4 is 23.1 Å². The summed E-state index contributed by atoms with van der Waals surface area (Å²) in [6.07, 6.45) is 0.431. The van der Waals surface area contributed by atoms with Gasteiger partial charge in [0.2, 0.25) is 0 Å². The van der Waals surface area contributed by atoms with E-state index in [1.165, 1.54) is 17.0 Å². The molecule has 0 bridgehead atoms. The summed E-state index contributed by atoms with van der Waals surface area (Å²) in [5.41, 5.74) is 4.72. The minimum atomic E-state index is -0.395. The summed E-state index contributed by atoms with van der Waals surface area (Å²) in [6.45, 7) is 6.46. The van der Waals surface area contributed by atoms with Gasteiger partial charge >= 0.3 is 0 Å². The van der Waals surface area contributed by atoms with Gasteiger partial charge in [0.1, 0.15) is 17.3 Å². The first-order valence-corrected chi connectivity index (χ1v) is 11.3. The van der Waals surface area contributed by atoms with Crippen molar-refractivity contribution in [3.63, 3.8) is 0 Å². The number of hydrogen-bond donors (Lipinski definition) is 1. The zero-order valence-corrected chi connectivity index (χ0v) is 19.5. The summed E-state index contributed by atoms with van der Waals surface area (Å²) in [5, 5.41) is 3.19. The van der Waals surface area contributed by atoms with Crippen molar-refractivity contribution in [2.75, 3.05) is 18.5 Å². The number of nitrogens with zero attached hydrogens (tertiary/aromatic N) is 1. The van der Waals surface area contributed by atoms with Crippen LogP contribution in [0.15, 0.2) is 72.4 Å². The standard InChI is InChI=1S/C28H27FN2O3/c1-4-34-24-8-6-5-7-23(24)30-26-25(22-14-9-18(2)17-19(22)3)27(32)31(28(26)33)16-15-20-10-12-21(29)13-11-20/h5-14,17,30H,4,15-16H2,1-3H3. The molecule has 0 unspecified atom stereocenters. The van der Waals surface area contributed by atoms with Gasteiger partial charge in [-0.05, 0) is 68.1 Å². The minimum absolute atomic E-state index is 0.190. The maximum absolute atomic E-state index is 13.6. The average Bonchev–Trinajstić information content (AvgIpc) is 3.04. The number of amides is 2. The molecule has 1 N–H and O–H groups in total. The lowest BCUT2D eigenvalue weighted by Gasteiger charge is -2.16. The van der Waals surface area contributed by atoms with Gasteiger partial charge in [0, 0.05) is 6.54 Å². The van der Waals surface area contributed by atoms with Crippen LogP contribution in [0.25, 0.3) is 5.57 Å². The van der Waals surface area contributed by atoms with E-state index in [9.17, 15) is 14.0 Å². The van der Waals surface area contributed by atoms with E-state index in [2.05, 4.69) is 5.32 Å². The molecule has 34 heavy (non-hydrogen) atoms. The van der Waals surface area contributed by atoms with Crippen molar-refractivity contribution in [1.82, 2.24) is 4.90 Å². The Hall–Kier alpha value is -3.93. The van der Waals surface area contributed by atoms with E-state index < -0.39 is 5.91 Å². The van der Waals surface area contributed by atoms with Crippen molar-refractivity contribution < 1.29 is 18.7 Å². The number of imide groups is 1. The van der Waals surface area contributed by atoms with Gasteiger partial charge < -0.3 is 10.1 Å². The van der Waals surface area contributed by atoms with Gasteiger partial charge in [-0.2, -0.15) is 0 Å². The summed E-state index contributed by atoms with van der Waals surface area (Å²) in [5.74, 6) is -0.471. The van der Waals surface area contributed by atoms with Crippen molar-refractivity contribution in [3.05, 3.63) is 100 Å². The van der Waals surface area contributed by atoms with Crippen LogP contribution < -0.4 is 10.1 Å². The summed E-state index contributed by atoms with van der Waals surface area (Å²) in [6, 6.07) is 19.2. The van der Waals surface area contributed by atoms with Crippen LogP contribution in [0.5, 0.6) is 5.75 Å². The Kier molecular flexibility index (Phi) is 6.77. The minimum Gasteiger partial charge on any atom is -0.492 e. The van der Waals surface area contributed by atoms with Crippen LogP contribution in [0.3, 0.4) is 0 Å². The summed E-state index contributed by atoms with van der Waals surface area (Å²) >= 11 is 0. The molecule has 0 saturated carbocycles. The molecule has 0 atom stereocenters. The topological polar surface area (TPSA) is 58.6 Å². The molecule has 4 rings (SSSR count). The van der Waals surface area contributed by atoms with E-state index in [1.807, 2.05) is 63.2 Å². The lowest BCUT2D eigenvalue weighted by Crippen LogP contribution is -2.34. The second kappa shape index (κ2) is 9.91. The molecule has 0 spiro atoms. The zero-order chi connectivity index (χ0) is 24.2. The molecule has 5 nitrogen and oxygen atoms in total. The fraction of sp³-hybridized carbons (Fsp3) is 0.214.